The van der Waals surface area contributed by atoms with E-state index in [1.165, 1.54) is 38.6 Å². The van der Waals surface area contributed by atoms with Gasteiger partial charge in [0.2, 0.25) is 0 Å². The van der Waals surface area contributed by atoms with E-state index >= 15 is 0 Å². The van der Waals surface area contributed by atoms with Gasteiger partial charge >= 0.3 is 0 Å². The predicted octanol–water partition coefficient (Wildman–Crippen LogP) is 3.15. The number of Topliss-reactive ketones (excluding diaryl/α,β-unsaturated/α-hetero) is 1. The number of aromatic amines is 1. The van der Waals surface area contributed by atoms with E-state index in [0.717, 1.165) is 0 Å². The fraction of sp³-hybridized carbons (Fsp3) is 0.111. The first-order valence-corrected chi connectivity index (χ1v) is 7.38. The second kappa shape index (κ2) is 6.64. The highest BCUT2D eigenvalue weighted by Gasteiger charge is 2.21. The Morgan fingerprint density at radius 3 is 2.60 bits per heavy atom. The van der Waals surface area contributed by atoms with Gasteiger partial charge in [-0.3, -0.25) is 9.59 Å². The summed E-state index contributed by atoms with van der Waals surface area (Å²) in [6, 6.07) is 8.77. The predicted molar refractivity (Wildman–Crippen MR) is 90.8 cm³/mol. The number of methoxy groups -OCH3 is 2. The van der Waals surface area contributed by atoms with Crippen LogP contribution in [0.5, 0.6) is 11.5 Å². The van der Waals surface area contributed by atoms with Gasteiger partial charge in [-0.25, -0.2) is 4.39 Å². The van der Waals surface area contributed by atoms with Gasteiger partial charge in [-0.1, -0.05) is 0 Å². The molecule has 2 aromatic carbocycles. The lowest BCUT2D eigenvalue weighted by Gasteiger charge is -2.11. The Kier molecular flexibility index (Phi) is 4.38. The van der Waals surface area contributed by atoms with Gasteiger partial charge in [-0.05, 0) is 30.3 Å². The highest BCUT2D eigenvalue weighted by molar-refractivity contribution is 6.48. The molecular weight excluding hydrogens is 327 g/mol. The summed E-state index contributed by atoms with van der Waals surface area (Å²) in [6.45, 7) is 0. The molecule has 0 saturated heterocycles. The van der Waals surface area contributed by atoms with Crippen LogP contribution < -0.4 is 14.8 Å². The van der Waals surface area contributed by atoms with Crippen LogP contribution >= 0.6 is 0 Å². The van der Waals surface area contributed by atoms with Gasteiger partial charge in [0.15, 0.2) is 0 Å². The Hall–Kier alpha value is -3.35. The summed E-state index contributed by atoms with van der Waals surface area (Å²) in [4.78, 5) is 27.6. The molecule has 25 heavy (non-hydrogen) atoms. The number of benzene rings is 2. The zero-order valence-electron chi connectivity index (χ0n) is 13.6. The third kappa shape index (κ3) is 3.16. The molecule has 0 unspecified atom stereocenters. The lowest BCUT2D eigenvalue weighted by molar-refractivity contribution is -0.112. The second-order valence-corrected chi connectivity index (χ2v) is 5.24. The van der Waals surface area contributed by atoms with Gasteiger partial charge < -0.3 is 19.8 Å². The highest BCUT2D eigenvalue weighted by Crippen LogP contribution is 2.29. The smallest absolute Gasteiger partial charge is 0.296 e. The van der Waals surface area contributed by atoms with Crippen molar-refractivity contribution in [2.75, 3.05) is 19.5 Å². The molecule has 3 aromatic rings. The molecule has 0 atom stereocenters. The van der Waals surface area contributed by atoms with E-state index in [1.807, 2.05) is 0 Å². The number of fused-ring (bicyclic) bond motifs is 1. The fourth-order valence-corrected chi connectivity index (χ4v) is 2.48. The van der Waals surface area contributed by atoms with Gasteiger partial charge in [0, 0.05) is 23.2 Å². The van der Waals surface area contributed by atoms with Crippen molar-refractivity contribution < 1.29 is 23.5 Å². The lowest BCUT2D eigenvalue weighted by Crippen LogP contribution is -2.23. The first kappa shape index (κ1) is 16.5. The van der Waals surface area contributed by atoms with Gasteiger partial charge in [0.1, 0.15) is 17.3 Å². The number of halogens is 1. The number of H-pyrrole nitrogens is 1. The number of ketones is 1. The van der Waals surface area contributed by atoms with Crippen LogP contribution in [0.1, 0.15) is 10.4 Å². The molecule has 3 rings (SSSR count). The first-order chi connectivity index (χ1) is 12.0. The summed E-state index contributed by atoms with van der Waals surface area (Å²) in [7, 11) is 2.95. The number of hydrogen-bond acceptors (Lipinski definition) is 4. The molecule has 1 amide bonds. The summed E-state index contributed by atoms with van der Waals surface area (Å²) < 4.78 is 23.7. The molecule has 7 heteroatoms. The number of amides is 1. The van der Waals surface area contributed by atoms with Crippen molar-refractivity contribution in [3.05, 3.63) is 54.0 Å². The second-order valence-electron chi connectivity index (χ2n) is 5.24. The number of anilines is 1. The molecule has 0 fully saturated rings. The Labute approximate surface area is 142 Å². The Balaban J connectivity index is 1.88. The number of carbonyl (C=O) groups excluding carboxylic acids is 2. The zero-order chi connectivity index (χ0) is 18.0. The molecule has 0 aliphatic rings. The molecule has 0 aliphatic heterocycles. The summed E-state index contributed by atoms with van der Waals surface area (Å²) >= 11 is 0. The van der Waals surface area contributed by atoms with Gasteiger partial charge in [0.05, 0.1) is 25.5 Å². The van der Waals surface area contributed by atoms with Crippen LogP contribution in [0.2, 0.25) is 0 Å². The normalized spacial score (nSPS) is 10.5. The minimum absolute atomic E-state index is 0.0967. The van der Waals surface area contributed by atoms with E-state index in [1.54, 1.807) is 18.2 Å². The standard InChI is InChI=1S/C18H15FN2O4/c1-24-11-4-6-15(16(8-11)25-2)21-18(23)17(22)13-9-20-14-5-3-10(19)7-12(13)14/h3-9,20H,1-2H3,(H,21,23). The van der Waals surface area contributed by atoms with Crippen molar-refractivity contribution in [2.45, 2.75) is 0 Å². The van der Waals surface area contributed by atoms with E-state index in [4.69, 9.17) is 9.47 Å². The molecule has 128 valence electrons. The van der Waals surface area contributed by atoms with Crippen LogP contribution in [-0.4, -0.2) is 30.9 Å². The molecule has 6 nitrogen and oxygen atoms in total. The van der Waals surface area contributed by atoms with Gasteiger partial charge in [0.25, 0.3) is 11.7 Å². The van der Waals surface area contributed by atoms with Crippen molar-refractivity contribution in [3.8, 4) is 11.5 Å². The third-order valence-corrected chi connectivity index (χ3v) is 3.75. The van der Waals surface area contributed by atoms with Gasteiger partial charge in [-0.2, -0.15) is 0 Å². The SMILES string of the molecule is COc1ccc(NC(=O)C(=O)c2c[nH]c3ccc(F)cc23)c(OC)c1. The minimum atomic E-state index is -0.853. The molecular formula is C18H15FN2O4. The summed E-state index contributed by atoms with van der Waals surface area (Å²) in [5.41, 5.74) is 0.992. The van der Waals surface area contributed by atoms with Crippen LogP contribution in [0.4, 0.5) is 10.1 Å². The molecule has 0 aliphatic carbocycles. The number of ether oxygens (including phenoxy) is 2. The van der Waals surface area contributed by atoms with Gasteiger partial charge in [-0.15, -0.1) is 0 Å². The average molecular weight is 342 g/mol. The lowest BCUT2D eigenvalue weighted by atomic mass is 10.1. The maximum Gasteiger partial charge on any atom is 0.296 e. The van der Waals surface area contributed by atoms with E-state index in [9.17, 15) is 14.0 Å². The minimum Gasteiger partial charge on any atom is -0.497 e. The first-order valence-electron chi connectivity index (χ1n) is 7.38. The maximum absolute atomic E-state index is 13.4. The molecule has 0 radical (unpaired) electrons. The largest absolute Gasteiger partial charge is 0.497 e. The van der Waals surface area contributed by atoms with Crippen LogP contribution in [0.15, 0.2) is 42.6 Å². The van der Waals surface area contributed by atoms with Crippen molar-refractivity contribution in [3.63, 3.8) is 0 Å². The molecule has 0 bridgehead atoms. The number of rotatable bonds is 5. The third-order valence-electron chi connectivity index (χ3n) is 3.75. The number of aromatic nitrogens is 1. The highest BCUT2D eigenvalue weighted by atomic mass is 19.1. The molecule has 2 N–H and O–H groups in total. The Bertz CT molecular complexity index is 965. The maximum atomic E-state index is 13.4. The molecule has 1 heterocycles. The summed E-state index contributed by atoms with van der Waals surface area (Å²) in [5, 5.41) is 2.85. The van der Waals surface area contributed by atoms with Crippen LogP contribution in [-0.2, 0) is 4.79 Å². The van der Waals surface area contributed by atoms with E-state index in [-0.39, 0.29) is 5.56 Å². The number of carbonyl (C=O) groups is 2. The van der Waals surface area contributed by atoms with Crippen LogP contribution in [0, 0.1) is 5.82 Å². The number of hydrogen-bond donors (Lipinski definition) is 2. The van der Waals surface area contributed by atoms with Crippen molar-refractivity contribution in [2.24, 2.45) is 0 Å². The van der Waals surface area contributed by atoms with E-state index in [0.29, 0.717) is 28.1 Å². The Morgan fingerprint density at radius 1 is 1.08 bits per heavy atom. The van der Waals surface area contributed by atoms with Crippen LogP contribution in [0.3, 0.4) is 0 Å². The average Bonchev–Trinajstić information content (AvgIpc) is 3.04. The Morgan fingerprint density at radius 2 is 1.88 bits per heavy atom. The van der Waals surface area contributed by atoms with E-state index < -0.39 is 17.5 Å². The summed E-state index contributed by atoms with van der Waals surface area (Å²) in [6.07, 6.45) is 1.39. The van der Waals surface area contributed by atoms with E-state index in [2.05, 4.69) is 10.3 Å². The topological polar surface area (TPSA) is 80.4 Å². The van der Waals surface area contributed by atoms with Crippen LogP contribution in [0.25, 0.3) is 10.9 Å². The van der Waals surface area contributed by atoms with Crippen molar-refractivity contribution in [1.82, 2.24) is 4.98 Å². The fourth-order valence-electron chi connectivity index (χ4n) is 2.48. The molecule has 1 aromatic heterocycles. The quantitative estimate of drug-likeness (QED) is 0.551. The summed E-state index contributed by atoms with van der Waals surface area (Å²) in [5.74, 6) is -1.22. The van der Waals surface area contributed by atoms with Crippen molar-refractivity contribution >= 4 is 28.3 Å². The van der Waals surface area contributed by atoms with Crippen molar-refractivity contribution in [1.29, 1.82) is 0 Å². The monoisotopic (exact) mass is 342 g/mol. The zero-order valence-corrected chi connectivity index (χ0v) is 13.6. The molecule has 0 spiro atoms. The molecule has 0 saturated carbocycles. The number of nitrogens with one attached hydrogen (secondary N) is 2.